The second-order valence-corrected chi connectivity index (χ2v) is 0. The Morgan fingerprint density at radius 1 is 1.25 bits per heavy atom. The summed E-state index contributed by atoms with van der Waals surface area (Å²) >= 11 is 2.14. The molecule has 0 atom stereocenters. The van der Waals surface area contributed by atoms with Gasteiger partial charge in [0, 0.05) is 0 Å². The Morgan fingerprint density at radius 2 is 1.25 bits per heavy atom. The van der Waals surface area contributed by atoms with Crippen LogP contribution in [0.2, 0.25) is 0 Å². The third kappa shape index (κ3) is 8.96. The van der Waals surface area contributed by atoms with Crippen LogP contribution >= 0.6 is 18.4 Å². The van der Waals surface area contributed by atoms with E-state index in [1.54, 1.807) is 0 Å². The van der Waals surface area contributed by atoms with Gasteiger partial charge in [-0.15, -0.1) is 0 Å². The van der Waals surface area contributed by atoms with Crippen LogP contribution in [-0.4, -0.2) is 0 Å². The standard InChI is InChI=1S/2ClH.Nb.Ta/h2*1H;;/q;;2*+1/p-2. The average molecular weight is 345 g/mol. The van der Waals surface area contributed by atoms with Crippen molar-refractivity contribution in [3.8, 4) is 0 Å². The van der Waals surface area contributed by atoms with Crippen molar-refractivity contribution in [1.82, 2.24) is 0 Å². The summed E-state index contributed by atoms with van der Waals surface area (Å²) in [4.78, 5) is 0. The quantitative estimate of drug-likeness (QED) is 0.582. The number of hydrogen-bond acceptors (Lipinski definition) is 0. The van der Waals surface area contributed by atoms with E-state index in [9.17, 15) is 0 Å². The maximum absolute atomic E-state index is 4.75. The molecular formula is Cl2NbTa. The molecule has 0 aromatic heterocycles. The van der Waals surface area contributed by atoms with Crippen molar-refractivity contribution in [1.29, 1.82) is 0 Å². The molecule has 0 bridgehead atoms. The van der Waals surface area contributed by atoms with E-state index in [1.807, 2.05) is 0 Å². The first-order valence-electron chi connectivity index (χ1n) is 0.338. The van der Waals surface area contributed by atoms with Crippen LogP contribution in [0.1, 0.15) is 0 Å². The Bertz CT molecular complexity index is 6.00. The normalized spacial score (nSPS) is 2.50. The first-order chi connectivity index (χ1) is 2.00. The van der Waals surface area contributed by atoms with Crippen molar-refractivity contribution < 1.29 is 40.0 Å². The molecule has 0 aliphatic carbocycles. The third-order valence-electron chi connectivity index (χ3n) is 0. The van der Waals surface area contributed by atoms with Crippen molar-refractivity contribution in [2.75, 3.05) is 0 Å². The molecule has 0 aromatic carbocycles. The Balaban J connectivity index is 0. The molecule has 4 heavy (non-hydrogen) atoms. The summed E-state index contributed by atoms with van der Waals surface area (Å²) in [6.07, 6.45) is 0. The molecule has 0 rings (SSSR count). The second kappa shape index (κ2) is 19.7. The number of halogens is 2. The first kappa shape index (κ1) is 9.41. The van der Waals surface area contributed by atoms with Gasteiger partial charge in [-0.25, -0.2) is 0 Å². The molecule has 0 radical (unpaired) electrons. The Hall–Kier alpha value is 2.06. The van der Waals surface area contributed by atoms with E-state index in [4.69, 9.17) is 9.19 Å². The van der Waals surface area contributed by atoms with Crippen molar-refractivity contribution in [2.24, 2.45) is 0 Å². The zero-order chi connectivity index (χ0) is 4.00. The summed E-state index contributed by atoms with van der Waals surface area (Å²) in [5.74, 6) is 0. The molecule has 0 aliphatic rings. The van der Waals surface area contributed by atoms with Gasteiger partial charge in [-0.2, -0.15) is 0 Å². The summed E-state index contributed by atoms with van der Waals surface area (Å²) in [6.45, 7) is 0. The molecule has 24 valence electrons. The summed E-state index contributed by atoms with van der Waals surface area (Å²) in [7, 11) is 9.44. The summed E-state index contributed by atoms with van der Waals surface area (Å²) < 4.78 is 0. The molecule has 0 heterocycles. The molecule has 0 saturated heterocycles. The molecule has 0 fully saturated rings. The molecule has 0 nitrogen and oxygen atoms in total. The van der Waals surface area contributed by atoms with Crippen LogP contribution in [0.15, 0.2) is 0 Å². The van der Waals surface area contributed by atoms with Crippen LogP contribution < -0.4 is 0 Å². The molecule has 0 amide bonds. The van der Waals surface area contributed by atoms with E-state index in [2.05, 4.69) is 9.19 Å². The van der Waals surface area contributed by atoms with E-state index in [0.717, 1.165) is 20.0 Å². The van der Waals surface area contributed by atoms with Crippen LogP contribution in [0, 0.1) is 0 Å². The van der Waals surface area contributed by atoms with E-state index in [1.165, 1.54) is 20.0 Å². The van der Waals surface area contributed by atoms with Gasteiger partial charge < -0.3 is 0 Å². The van der Waals surface area contributed by atoms with Crippen LogP contribution in [0.4, 0.5) is 0 Å². The van der Waals surface area contributed by atoms with Gasteiger partial charge in [-0.05, 0) is 0 Å². The predicted octanol–water partition coefficient (Wildman–Crippen LogP) is 1.37. The fraction of sp³-hybridized carbons (Fsp3) is 0. The summed E-state index contributed by atoms with van der Waals surface area (Å²) in [5.41, 5.74) is 0. The van der Waals surface area contributed by atoms with Crippen LogP contribution in [0.3, 0.4) is 0 Å². The van der Waals surface area contributed by atoms with Gasteiger partial charge in [0.05, 0.1) is 0 Å². The molecular weight excluding hydrogens is 345 g/mol. The van der Waals surface area contributed by atoms with Gasteiger partial charge in [-0.1, -0.05) is 0 Å². The maximum atomic E-state index is 4.75. The minimum atomic E-state index is 0.917. The Labute approximate surface area is 57.7 Å². The fourth-order valence-electron chi connectivity index (χ4n) is 0. The Kier molecular flexibility index (Phi) is 46.2. The summed E-state index contributed by atoms with van der Waals surface area (Å²) in [5, 5.41) is 0. The molecule has 0 N–H and O–H groups in total. The van der Waals surface area contributed by atoms with Gasteiger partial charge in [0.25, 0.3) is 0 Å². The van der Waals surface area contributed by atoms with Gasteiger partial charge in [0.15, 0.2) is 0 Å². The molecule has 0 aliphatic heterocycles. The molecule has 0 unspecified atom stereocenters. The zero-order valence-electron chi connectivity index (χ0n) is 1.65. The van der Waals surface area contributed by atoms with E-state index in [-0.39, 0.29) is 0 Å². The number of rotatable bonds is 0. The molecule has 4 heteroatoms. The zero-order valence-corrected chi connectivity index (χ0v) is 8.57. The predicted molar refractivity (Wildman–Crippen MR) is 11.7 cm³/mol. The van der Waals surface area contributed by atoms with E-state index < -0.39 is 0 Å². The topological polar surface area (TPSA) is 0 Å². The van der Waals surface area contributed by atoms with Gasteiger partial charge in [0.1, 0.15) is 0 Å². The fourth-order valence-corrected chi connectivity index (χ4v) is 0. The van der Waals surface area contributed by atoms with Crippen molar-refractivity contribution in [2.45, 2.75) is 0 Å². The molecule has 0 aromatic rings. The van der Waals surface area contributed by atoms with Gasteiger partial charge in [0.2, 0.25) is 0 Å². The van der Waals surface area contributed by atoms with Crippen LogP contribution in [0.5, 0.6) is 0 Å². The second-order valence-electron chi connectivity index (χ2n) is 0. The average Bonchev–Trinajstić information content (AvgIpc) is 1.50. The van der Waals surface area contributed by atoms with Crippen molar-refractivity contribution in [3.05, 3.63) is 0 Å². The van der Waals surface area contributed by atoms with Gasteiger partial charge in [-0.3, -0.25) is 0 Å². The molecule has 0 spiro atoms. The third-order valence-corrected chi connectivity index (χ3v) is 0. The first-order valence-corrected chi connectivity index (χ1v) is 7.15. The minimum absolute atomic E-state index is 0.917. The van der Waals surface area contributed by atoms with Crippen LogP contribution in [0.25, 0.3) is 0 Å². The van der Waals surface area contributed by atoms with Crippen molar-refractivity contribution >= 4 is 18.4 Å². The van der Waals surface area contributed by atoms with Gasteiger partial charge >= 0.3 is 58.4 Å². The SMILES string of the molecule is [Cl][Nb].[Cl][Ta]. The van der Waals surface area contributed by atoms with Crippen LogP contribution in [-0.2, 0) is 40.0 Å². The van der Waals surface area contributed by atoms with E-state index >= 15 is 0 Å². The molecule has 0 saturated carbocycles. The summed E-state index contributed by atoms with van der Waals surface area (Å²) in [6, 6.07) is 0. The van der Waals surface area contributed by atoms with E-state index in [0.29, 0.717) is 0 Å². The van der Waals surface area contributed by atoms with Crippen molar-refractivity contribution in [3.63, 3.8) is 0 Å². The monoisotopic (exact) mass is 344 g/mol. The Morgan fingerprint density at radius 3 is 1.25 bits per heavy atom. The number of hydrogen-bond donors (Lipinski definition) is 0.